The van der Waals surface area contributed by atoms with E-state index in [4.69, 9.17) is 14.9 Å². The second-order valence-electron chi connectivity index (χ2n) is 8.01. The highest BCUT2D eigenvalue weighted by Crippen LogP contribution is 2.48. The van der Waals surface area contributed by atoms with Crippen molar-refractivity contribution in [1.29, 1.82) is 0 Å². The summed E-state index contributed by atoms with van der Waals surface area (Å²) in [5, 5.41) is 13.8. The molecule has 0 radical (unpaired) electrons. The third-order valence-electron chi connectivity index (χ3n) is 5.58. The van der Waals surface area contributed by atoms with E-state index in [0.29, 0.717) is 0 Å². The quantitative estimate of drug-likeness (QED) is 0.350. The monoisotopic (exact) mass is 546 g/mol. The molecule has 35 heavy (non-hydrogen) atoms. The van der Waals surface area contributed by atoms with Crippen molar-refractivity contribution in [3.05, 3.63) is 107 Å². The van der Waals surface area contributed by atoms with Crippen molar-refractivity contribution < 1.29 is 9.53 Å². The summed E-state index contributed by atoms with van der Waals surface area (Å²) in [6, 6.07) is 26.0. The fourth-order valence-electron chi connectivity index (χ4n) is 3.87. The second kappa shape index (κ2) is 9.71. The normalized spacial score (nSPS) is 19.1. The summed E-state index contributed by atoms with van der Waals surface area (Å²) in [6.45, 7) is 4.13. The molecule has 176 valence electrons. The van der Waals surface area contributed by atoms with Crippen LogP contribution in [0, 0.1) is 6.92 Å². The molecular formula is C27H23BrN4O2S. The second-order valence-corrected chi connectivity index (χ2v) is 10.1. The van der Waals surface area contributed by atoms with Crippen molar-refractivity contribution in [3.8, 4) is 0 Å². The summed E-state index contributed by atoms with van der Waals surface area (Å²) < 4.78 is 6.26. The van der Waals surface area contributed by atoms with Gasteiger partial charge in [0, 0.05) is 10.0 Å². The van der Waals surface area contributed by atoms with Crippen molar-refractivity contribution in [3.63, 3.8) is 0 Å². The predicted octanol–water partition coefficient (Wildman–Crippen LogP) is 6.32. The molecule has 0 N–H and O–H groups in total. The summed E-state index contributed by atoms with van der Waals surface area (Å²) >= 11 is 4.82. The van der Waals surface area contributed by atoms with E-state index in [-0.39, 0.29) is 11.7 Å². The summed E-state index contributed by atoms with van der Waals surface area (Å²) in [7, 11) is 0. The number of carbonyl (C=O) groups is 1. The fraction of sp³-hybridized carbons (Fsp3) is 0.148. The van der Waals surface area contributed by atoms with Gasteiger partial charge in [0.15, 0.2) is 0 Å². The van der Waals surface area contributed by atoms with Crippen LogP contribution in [0.1, 0.15) is 18.1 Å². The number of ether oxygens (including phenoxy) is 1. The van der Waals surface area contributed by atoms with Crippen LogP contribution in [0.25, 0.3) is 0 Å². The molecule has 2 aliphatic heterocycles. The maximum Gasteiger partial charge on any atom is 0.365 e. The lowest BCUT2D eigenvalue weighted by atomic mass is 10.1. The lowest BCUT2D eigenvalue weighted by molar-refractivity contribution is -0.134. The molecule has 0 saturated heterocycles. The highest BCUT2D eigenvalue weighted by atomic mass is 79.9. The average molecular weight is 547 g/mol. The van der Waals surface area contributed by atoms with E-state index in [9.17, 15) is 4.79 Å². The number of hydrazone groups is 2. The zero-order valence-corrected chi connectivity index (χ0v) is 21.7. The first-order valence-corrected chi connectivity index (χ1v) is 12.8. The number of carbonyl (C=O) groups excluding carboxylic acids is 1. The minimum Gasteiger partial charge on any atom is -0.461 e. The summed E-state index contributed by atoms with van der Waals surface area (Å²) in [4.78, 5) is 11.8. The van der Waals surface area contributed by atoms with Crippen molar-refractivity contribution >= 4 is 55.8 Å². The first kappa shape index (κ1) is 23.4. The summed E-state index contributed by atoms with van der Waals surface area (Å²) in [5.74, 6) is -0.453. The number of hydrogen-bond acceptors (Lipinski definition) is 7. The maximum absolute atomic E-state index is 12.8. The number of para-hydroxylation sites is 1. The fourth-order valence-corrected chi connectivity index (χ4v) is 5.28. The molecule has 5 rings (SSSR count). The highest BCUT2D eigenvalue weighted by molar-refractivity contribution is 9.10. The molecule has 0 saturated carbocycles. The molecule has 3 aromatic carbocycles. The number of thioether (sulfide) groups is 1. The molecule has 0 aliphatic carbocycles. The van der Waals surface area contributed by atoms with Crippen LogP contribution in [0.4, 0.5) is 11.4 Å². The van der Waals surface area contributed by atoms with Crippen molar-refractivity contribution in [2.24, 2.45) is 10.2 Å². The molecule has 3 aromatic rings. The SMILES string of the molecule is CCOC(=O)C1=NN(c2ccc(Br)cc2)[C@@]2(C=CC(c3ccc(C)cc3)=NN2c2ccccc2)S1. The van der Waals surface area contributed by atoms with Crippen LogP contribution in [0.5, 0.6) is 0 Å². The van der Waals surface area contributed by atoms with Gasteiger partial charge in [-0.1, -0.05) is 64.0 Å². The van der Waals surface area contributed by atoms with E-state index in [0.717, 1.165) is 27.1 Å². The van der Waals surface area contributed by atoms with Crippen LogP contribution in [-0.2, 0) is 9.53 Å². The lowest BCUT2D eigenvalue weighted by Gasteiger charge is -2.43. The van der Waals surface area contributed by atoms with Gasteiger partial charge in [-0.2, -0.15) is 10.2 Å². The number of anilines is 2. The zero-order valence-electron chi connectivity index (χ0n) is 19.3. The van der Waals surface area contributed by atoms with E-state index in [1.165, 1.54) is 17.3 Å². The number of hydrogen-bond donors (Lipinski definition) is 0. The van der Waals surface area contributed by atoms with Crippen LogP contribution < -0.4 is 10.0 Å². The zero-order chi connectivity index (χ0) is 24.4. The van der Waals surface area contributed by atoms with Gasteiger partial charge in [-0.05, 0) is 74.2 Å². The van der Waals surface area contributed by atoms with Gasteiger partial charge < -0.3 is 4.74 Å². The van der Waals surface area contributed by atoms with Crippen LogP contribution in [0.2, 0.25) is 0 Å². The minimum atomic E-state index is -0.939. The van der Waals surface area contributed by atoms with Gasteiger partial charge in [-0.25, -0.2) is 14.8 Å². The third kappa shape index (κ3) is 4.51. The first-order chi connectivity index (χ1) is 17.0. The smallest absolute Gasteiger partial charge is 0.365 e. The molecule has 1 spiro atoms. The van der Waals surface area contributed by atoms with Crippen molar-refractivity contribution in [2.45, 2.75) is 18.8 Å². The van der Waals surface area contributed by atoms with Crippen molar-refractivity contribution in [2.75, 3.05) is 16.6 Å². The number of rotatable bonds is 5. The Morgan fingerprint density at radius 1 is 0.943 bits per heavy atom. The molecule has 0 unspecified atom stereocenters. The van der Waals surface area contributed by atoms with Gasteiger partial charge in [0.25, 0.3) is 0 Å². The van der Waals surface area contributed by atoms with E-state index >= 15 is 0 Å². The Balaban J connectivity index is 1.65. The van der Waals surface area contributed by atoms with Crippen molar-refractivity contribution in [1.82, 2.24) is 0 Å². The van der Waals surface area contributed by atoms with Crippen LogP contribution in [0.15, 0.2) is 106 Å². The van der Waals surface area contributed by atoms with Crippen LogP contribution in [0.3, 0.4) is 0 Å². The Labute approximate surface area is 217 Å². The number of aryl methyl sites for hydroxylation is 1. The van der Waals surface area contributed by atoms with Gasteiger partial charge in [-0.3, -0.25) is 0 Å². The Bertz CT molecular complexity index is 1320. The Hall–Kier alpha value is -3.36. The highest BCUT2D eigenvalue weighted by Gasteiger charge is 2.51. The molecule has 0 fully saturated rings. The Morgan fingerprint density at radius 2 is 1.60 bits per heavy atom. The minimum absolute atomic E-state index is 0.273. The van der Waals surface area contributed by atoms with E-state index < -0.39 is 11.0 Å². The predicted molar refractivity (Wildman–Crippen MR) is 147 cm³/mol. The molecule has 2 aliphatic rings. The largest absolute Gasteiger partial charge is 0.461 e. The van der Waals surface area contributed by atoms with Gasteiger partial charge in [0.1, 0.15) is 0 Å². The number of nitrogens with zero attached hydrogens (tertiary/aromatic N) is 4. The van der Waals surface area contributed by atoms with Gasteiger partial charge in [0.05, 0.1) is 23.7 Å². The summed E-state index contributed by atoms with van der Waals surface area (Å²) in [6.07, 6.45) is 4.04. The van der Waals surface area contributed by atoms with E-state index in [1.54, 1.807) is 6.92 Å². The number of allylic oxidation sites excluding steroid dienone is 1. The first-order valence-electron chi connectivity index (χ1n) is 11.2. The molecule has 0 amide bonds. The molecular weight excluding hydrogens is 524 g/mol. The molecule has 2 heterocycles. The van der Waals surface area contributed by atoms with Gasteiger partial charge in [0.2, 0.25) is 10.0 Å². The van der Waals surface area contributed by atoms with E-state index in [1.807, 2.05) is 76.8 Å². The molecule has 6 nitrogen and oxygen atoms in total. The standard InChI is InChI=1S/C27H23BrN4O2S/c1-3-34-26(33)25-30-32(23-15-13-21(28)14-16-23)27(35-25)18-17-24(20-11-9-19(2)10-12-20)29-31(27)22-7-5-4-6-8-22/h4-18H,3H2,1-2H3/t27-/m0/s1. The number of halogens is 1. The maximum atomic E-state index is 12.8. The molecule has 0 aromatic heterocycles. The van der Waals surface area contributed by atoms with Gasteiger partial charge >= 0.3 is 5.97 Å². The Morgan fingerprint density at radius 3 is 2.29 bits per heavy atom. The average Bonchev–Trinajstić information content (AvgIpc) is 3.26. The molecule has 1 atom stereocenters. The number of esters is 1. The molecule has 8 heteroatoms. The topological polar surface area (TPSA) is 57.5 Å². The number of benzene rings is 3. The third-order valence-corrected chi connectivity index (χ3v) is 7.33. The van der Waals surface area contributed by atoms with Crippen LogP contribution in [-0.4, -0.2) is 28.3 Å². The summed E-state index contributed by atoms with van der Waals surface area (Å²) in [5.41, 5.74) is 4.70. The Kier molecular flexibility index (Phi) is 6.49. The van der Waals surface area contributed by atoms with Gasteiger partial charge in [-0.15, -0.1) is 0 Å². The lowest BCUT2D eigenvalue weighted by Crippen LogP contribution is -2.53. The molecule has 0 bridgehead atoms. The van der Waals surface area contributed by atoms with Crippen LogP contribution >= 0.6 is 27.7 Å². The van der Waals surface area contributed by atoms with E-state index in [2.05, 4.69) is 47.1 Å².